The molecular weight excluding hydrogens is 550 g/mol. The molecule has 0 aromatic heterocycles. The summed E-state index contributed by atoms with van der Waals surface area (Å²) in [6, 6.07) is 15.9. The Kier molecular flexibility index (Phi) is 10.4. The minimum absolute atomic E-state index is 0.0169. The summed E-state index contributed by atoms with van der Waals surface area (Å²) in [7, 11) is 0. The van der Waals surface area contributed by atoms with Gasteiger partial charge in [-0.3, -0.25) is 14.4 Å². The maximum Gasteiger partial charge on any atom is 0.243 e. The molecule has 1 aliphatic rings. The van der Waals surface area contributed by atoms with E-state index in [1.165, 1.54) is 12.1 Å². The molecule has 43 heavy (non-hydrogen) atoms. The van der Waals surface area contributed by atoms with Crippen molar-refractivity contribution in [2.24, 2.45) is 11.5 Å². The van der Waals surface area contributed by atoms with Crippen molar-refractivity contribution in [3.63, 3.8) is 0 Å². The first kappa shape index (κ1) is 31.5. The second-order valence-corrected chi connectivity index (χ2v) is 11.0. The monoisotopic (exact) mass is 589 g/mol. The van der Waals surface area contributed by atoms with Crippen LogP contribution in [-0.4, -0.2) is 70.4 Å². The lowest BCUT2D eigenvalue weighted by Gasteiger charge is -2.26. The number of carbonyl (C=O) groups excluding carboxylic acids is 3. The van der Waals surface area contributed by atoms with E-state index in [9.17, 15) is 29.7 Å². The molecule has 11 nitrogen and oxygen atoms in total. The van der Waals surface area contributed by atoms with Crippen LogP contribution in [0.2, 0.25) is 0 Å². The Hall–Kier alpha value is -4.45. The maximum absolute atomic E-state index is 13.6. The fraction of sp³-hybridized carbons (Fsp3) is 0.344. The number of phenolic OH excluding ortho intramolecular Hbond substituents is 2. The van der Waals surface area contributed by atoms with E-state index in [1.807, 2.05) is 37.3 Å². The van der Waals surface area contributed by atoms with Gasteiger partial charge in [-0.05, 0) is 58.0 Å². The van der Waals surface area contributed by atoms with Crippen molar-refractivity contribution in [3.05, 3.63) is 83.4 Å². The van der Waals surface area contributed by atoms with Crippen LogP contribution >= 0.6 is 0 Å². The molecule has 1 unspecified atom stereocenters. The van der Waals surface area contributed by atoms with Crippen LogP contribution in [0.1, 0.15) is 36.0 Å². The number of nitrogens with one attached hydrogen (secondary N) is 3. The van der Waals surface area contributed by atoms with Gasteiger partial charge in [0.15, 0.2) is 0 Å². The normalized spacial score (nSPS) is 20.5. The highest BCUT2D eigenvalue weighted by Crippen LogP contribution is 2.31. The first-order valence-corrected chi connectivity index (χ1v) is 14.3. The van der Waals surface area contributed by atoms with E-state index < -0.39 is 42.0 Å². The van der Waals surface area contributed by atoms with Gasteiger partial charge in [0, 0.05) is 32.4 Å². The van der Waals surface area contributed by atoms with Gasteiger partial charge in [-0.1, -0.05) is 49.4 Å². The lowest BCUT2D eigenvalue weighted by atomic mass is 9.95. The minimum Gasteiger partial charge on any atom is -0.508 e. The summed E-state index contributed by atoms with van der Waals surface area (Å²) < 4.78 is 0. The summed E-state index contributed by atoms with van der Waals surface area (Å²) >= 11 is 0. The van der Waals surface area contributed by atoms with Gasteiger partial charge in [-0.15, -0.1) is 0 Å². The molecule has 0 radical (unpaired) electrons. The number of rotatable bonds is 7. The van der Waals surface area contributed by atoms with Crippen LogP contribution in [0.15, 0.2) is 66.7 Å². The van der Waals surface area contributed by atoms with E-state index in [0.29, 0.717) is 28.8 Å². The lowest BCUT2D eigenvalue weighted by molar-refractivity contribution is -0.133. The topological polar surface area (TPSA) is 200 Å². The van der Waals surface area contributed by atoms with Crippen LogP contribution < -0.4 is 27.4 Å². The molecule has 228 valence electrons. The van der Waals surface area contributed by atoms with Gasteiger partial charge in [0.05, 0.1) is 12.1 Å². The summed E-state index contributed by atoms with van der Waals surface area (Å²) in [5, 5.41) is 39.6. The molecule has 4 bridgehead atoms. The van der Waals surface area contributed by atoms with Crippen LogP contribution in [0.25, 0.3) is 11.1 Å². The first-order chi connectivity index (χ1) is 20.5. The second kappa shape index (κ2) is 14.1. The Labute approximate surface area is 250 Å². The Morgan fingerprint density at radius 2 is 1.53 bits per heavy atom. The SMILES string of the molecule is CC(CNC(=O)[C@@H]1Cc2cc(ccc2O)-c2ccc(O)c(c2)C[C@H](N)C(=O)N[C@@H](C[C@@H](O)CN)C(=O)N1)c1ccccc1. The van der Waals surface area contributed by atoms with Crippen LogP contribution in [-0.2, 0) is 27.2 Å². The summed E-state index contributed by atoms with van der Waals surface area (Å²) in [5.74, 6) is -2.03. The molecule has 0 saturated carbocycles. The molecule has 1 aliphatic heterocycles. The molecule has 1 heterocycles. The van der Waals surface area contributed by atoms with Gasteiger partial charge in [0.25, 0.3) is 0 Å². The van der Waals surface area contributed by atoms with E-state index in [2.05, 4.69) is 16.0 Å². The van der Waals surface area contributed by atoms with Crippen LogP contribution in [0, 0.1) is 0 Å². The predicted molar refractivity (Wildman–Crippen MR) is 162 cm³/mol. The van der Waals surface area contributed by atoms with Gasteiger partial charge in [-0.25, -0.2) is 0 Å². The van der Waals surface area contributed by atoms with Crippen molar-refractivity contribution >= 4 is 17.7 Å². The average molecular weight is 590 g/mol. The van der Waals surface area contributed by atoms with Gasteiger partial charge in [0.1, 0.15) is 23.6 Å². The van der Waals surface area contributed by atoms with E-state index >= 15 is 0 Å². The molecule has 3 aromatic carbocycles. The van der Waals surface area contributed by atoms with Crippen molar-refractivity contribution in [3.8, 4) is 22.6 Å². The third kappa shape index (κ3) is 8.10. The Bertz CT molecular complexity index is 1450. The van der Waals surface area contributed by atoms with Gasteiger partial charge in [-0.2, -0.15) is 0 Å². The number of hydrogen-bond donors (Lipinski definition) is 8. The van der Waals surface area contributed by atoms with Crippen molar-refractivity contribution in [2.45, 2.75) is 56.3 Å². The number of aliphatic hydroxyl groups excluding tert-OH is 1. The van der Waals surface area contributed by atoms with Crippen LogP contribution in [0.4, 0.5) is 0 Å². The quantitative estimate of drug-likeness (QED) is 0.198. The Morgan fingerprint density at radius 1 is 0.930 bits per heavy atom. The number of phenols is 2. The standard InChI is InChI=1S/C32H39N5O6/c1-18(19-5-3-2-4-6-19)17-35-31(42)26-14-23-12-21(8-10-29(23)40)20-7-9-28(39)22(11-20)13-25(34)30(41)36-27(32(43)37-26)15-24(38)16-33/h2-12,18,24-27,38-40H,13-17,33-34H2,1H3,(H,35,42)(H,36,41)(H,37,43)/t18?,24-,25+,26+,27+/m1/s1. The number of amides is 3. The van der Waals surface area contributed by atoms with Crippen molar-refractivity contribution < 1.29 is 29.7 Å². The largest absolute Gasteiger partial charge is 0.508 e. The van der Waals surface area contributed by atoms with E-state index in [-0.39, 0.29) is 43.2 Å². The highest BCUT2D eigenvalue weighted by molar-refractivity contribution is 5.93. The van der Waals surface area contributed by atoms with Crippen LogP contribution in [0.3, 0.4) is 0 Å². The van der Waals surface area contributed by atoms with Gasteiger partial charge < -0.3 is 42.7 Å². The molecule has 10 N–H and O–H groups in total. The van der Waals surface area contributed by atoms with E-state index in [1.54, 1.807) is 24.3 Å². The van der Waals surface area contributed by atoms with Crippen molar-refractivity contribution in [1.82, 2.24) is 16.0 Å². The fourth-order valence-corrected chi connectivity index (χ4v) is 5.04. The van der Waals surface area contributed by atoms with Crippen LogP contribution in [0.5, 0.6) is 11.5 Å². The summed E-state index contributed by atoms with van der Waals surface area (Å²) in [6.45, 7) is 2.10. The summed E-state index contributed by atoms with van der Waals surface area (Å²) in [6.07, 6.45) is -1.44. The number of nitrogens with two attached hydrogens (primary N) is 2. The third-order valence-corrected chi connectivity index (χ3v) is 7.69. The fourth-order valence-electron chi connectivity index (χ4n) is 5.04. The number of aromatic hydroxyl groups is 2. The number of fused-ring (bicyclic) bond motifs is 5. The average Bonchev–Trinajstić information content (AvgIpc) is 3.00. The first-order valence-electron chi connectivity index (χ1n) is 14.3. The molecule has 5 atom stereocenters. The number of aliphatic hydroxyl groups is 1. The molecule has 3 amide bonds. The molecule has 0 fully saturated rings. The van der Waals surface area contributed by atoms with Gasteiger partial charge in [0.2, 0.25) is 17.7 Å². The van der Waals surface area contributed by atoms with Gasteiger partial charge >= 0.3 is 0 Å². The molecule has 3 aromatic rings. The lowest BCUT2D eigenvalue weighted by Crippen LogP contribution is -2.57. The van der Waals surface area contributed by atoms with E-state index in [0.717, 1.165) is 5.56 Å². The Morgan fingerprint density at radius 3 is 2.14 bits per heavy atom. The maximum atomic E-state index is 13.6. The second-order valence-electron chi connectivity index (χ2n) is 11.0. The number of hydrogen-bond acceptors (Lipinski definition) is 8. The molecular formula is C32H39N5O6. The highest BCUT2D eigenvalue weighted by Gasteiger charge is 2.31. The smallest absolute Gasteiger partial charge is 0.243 e. The minimum atomic E-state index is -1.26. The van der Waals surface area contributed by atoms with E-state index in [4.69, 9.17) is 11.5 Å². The molecule has 0 spiro atoms. The zero-order valence-corrected chi connectivity index (χ0v) is 24.0. The summed E-state index contributed by atoms with van der Waals surface area (Å²) in [5.41, 5.74) is 15.0. The predicted octanol–water partition coefficient (Wildman–Crippen LogP) is 0.790. The number of benzene rings is 3. The number of carbonyl (C=O) groups is 3. The molecule has 4 rings (SSSR count). The van der Waals surface area contributed by atoms with Crippen molar-refractivity contribution in [1.29, 1.82) is 0 Å². The summed E-state index contributed by atoms with van der Waals surface area (Å²) in [4.78, 5) is 40.2. The molecule has 0 saturated heterocycles. The van der Waals surface area contributed by atoms with Crippen molar-refractivity contribution in [2.75, 3.05) is 13.1 Å². The molecule has 0 aliphatic carbocycles. The zero-order valence-electron chi connectivity index (χ0n) is 24.0. The Balaban J connectivity index is 1.71. The zero-order chi connectivity index (χ0) is 31.1. The third-order valence-electron chi connectivity index (χ3n) is 7.69. The molecule has 11 heteroatoms. The highest BCUT2D eigenvalue weighted by atomic mass is 16.3.